The Balaban J connectivity index is 1.77. The maximum Gasteiger partial charge on any atom is 0.337 e. The van der Waals surface area contributed by atoms with Gasteiger partial charge in [0.05, 0.1) is 19.8 Å². The molecule has 0 bridgehead atoms. The lowest BCUT2D eigenvalue weighted by atomic mass is 9.69. The SMILES string of the molecule is COC(=O)[C@H]1C(=O)C2=C(C[C@@H]1C)NC(C)=C(C(=O)OC1CCCCC1)[C@@H]2c1ccc(OC)cc1. The summed E-state index contributed by atoms with van der Waals surface area (Å²) in [6.07, 6.45) is 5.35. The zero-order valence-electron chi connectivity index (χ0n) is 20.3. The second-order valence-corrected chi connectivity index (χ2v) is 9.47. The van der Waals surface area contributed by atoms with E-state index in [9.17, 15) is 14.4 Å². The number of hydrogen-bond donors (Lipinski definition) is 1. The Morgan fingerprint density at radius 1 is 1.03 bits per heavy atom. The zero-order valence-corrected chi connectivity index (χ0v) is 20.3. The van der Waals surface area contributed by atoms with Gasteiger partial charge in [-0.3, -0.25) is 9.59 Å². The molecule has 1 N–H and O–H groups in total. The van der Waals surface area contributed by atoms with E-state index in [-0.39, 0.29) is 17.8 Å². The summed E-state index contributed by atoms with van der Waals surface area (Å²) < 4.78 is 16.2. The smallest absolute Gasteiger partial charge is 0.337 e. The van der Waals surface area contributed by atoms with Gasteiger partial charge in [-0.1, -0.05) is 25.5 Å². The molecule has 1 aliphatic heterocycles. The third-order valence-electron chi connectivity index (χ3n) is 7.24. The van der Waals surface area contributed by atoms with Gasteiger partial charge in [-0.25, -0.2) is 4.79 Å². The number of rotatable bonds is 5. The number of methoxy groups -OCH3 is 2. The van der Waals surface area contributed by atoms with Crippen LogP contribution >= 0.6 is 0 Å². The molecule has 0 amide bonds. The molecule has 1 aromatic rings. The Kier molecular flexibility index (Phi) is 7.10. The largest absolute Gasteiger partial charge is 0.497 e. The molecule has 0 unspecified atom stereocenters. The van der Waals surface area contributed by atoms with Gasteiger partial charge in [-0.15, -0.1) is 0 Å². The van der Waals surface area contributed by atoms with Crippen molar-refractivity contribution in [1.82, 2.24) is 5.32 Å². The summed E-state index contributed by atoms with van der Waals surface area (Å²) in [7, 11) is 2.88. The third-order valence-corrected chi connectivity index (χ3v) is 7.24. The van der Waals surface area contributed by atoms with Crippen LogP contribution in [0.2, 0.25) is 0 Å². The molecule has 0 radical (unpaired) electrons. The van der Waals surface area contributed by atoms with Crippen LogP contribution in [0.4, 0.5) is 0 Å². The van der Waals surface area contributed by atoms with Gasteiger partial charge in [-0.05, 0) is 62.6 Å². The maximum atomic E-state index is 13.7. The lowest BCUT2D eigenvalue weighted by Crippen LogP contribution is -2.43. The first-order valence-electron chi connectivity index (χ1n) is 12.0. The van der Waals surface area contributed by atoms with E-state index in [2.05, 4.69) is 5.32 Å². The van der Waals surface area contributed by atoms with E-state index in [0.717, 1.165) is 43.4 Å². The normalized spacial score (nSPS) is 25.4. The van der Waals surface area contributed by atoms with E-state index in [1.807, 2.05) is 38.1 Å². The van der Waals surface area contributed by atoms with E-state index in [0.29, 0.717) is 29.0 Å². The summed E-state index contributed by atoms with van der Waals surface area (Å²) in [5.74, 6) is -2.34. The van der Waals surface area contributed by atoms with Crippen molar-refractivity contribution in [1.29, 1.82) is 0 Å². The second kappa shape index (κ2) is 10.0. The van der Waals surface area contributed by atoms with Gasteiger partial charge in [-0.2, -0.15) is 0 Å². The summed E-state index contributed by atoms with van der Waals surface area (Å²) in [6.45, 7) is 3.72. The molecule has 3 aliphatic rings. The van der Waals surface area contributed by atoms with Crippen molar-refractivity contribution in [2.45, 2.75) is 64.4 Å². The molecule has 0 aromatic heterocycles. The molecule has 3 atom stereocenters. The molecule has 4 rings (SSSR count). The highest BCUT2D eigenvalue weighted by Gasteiger charge is 2.47. The molecule has 1 aromatic carbocycles. The number of carbonyl (C=O) groups excluding carboxylic acids is 3. The molecule has 1 fully saturated rings. The molecule has 7 nitrogen and oxygen atoms in total. The number of dihydropyridines is 1. The number of Topliss-reactive ketones (excluding diaryl/α,β-unsaturated/α-hetero) is 1. The van der Waals surface area contributed by atoms with Gasteiger partial charge < -0.3 is 19.5 Å². The van der Waals surface area contributed by atoms with E-state index < -0.39 is 23.8 Å². The van der Waals surface area contributed by atoms with Crippen molar-refractivity contribution in [3.8, 4) is 5.75 Å². The van der Waals surface area contributed by atoms with Gasteiger partial charge in [0.2, 0.25) is 0 Å². The van der Waals surface area contributed by atoms with E-state index in [1.165, 1.54) is 7.11 Å². The molecule has 7 heteroatoms. The van der Waals surface area contributed by atoms with Gasteiger partial charge in [0.25, 0.3) is 0 Å². The Bertz CT molecular complexity index is 1030. The minimum absolute atomic E-state index is 0.113. The van der Waals surface area contributed by atoms with Crippen molar-refractivity contribution in [2.75, 3.05) is 14.2 Å². The number of esters is 2. The summed E-state index contributed by atoms with van der Waals surface area (Å²) in [5.41, 5.74) is 3.07. The zero-order chi connectivity index (χ0) is 24.4. The van der Waals surface area contributed by atoms with Crippen LogP contribution in [0.1, 0.15) is 63.9 Å². The number of hydrogen-bond acceptors (Lipinski definition) is 7. The third kappa shape index (κ3) is 4.48. The molecule has 0 spiro atoms. The van der Waals surface area contributed by atoms with Crippen LogP contribution < -0.4 is 10.1 Å². The average Bonchev–Trinajstić information content (AvgIpc) is 2.83. The van der Waals surface area contributed by atoms with Gasteiger partial charge in [0.15, 0.2) is 5.78 Å². The average molecular weight is 468 g/mol. The molecule has 1 saturated carbocycles. The quantitative estimate of drug-likeness (QED) is 0.513. The van der Waals surface area contributed by atoms with Gasteiger partial charge in [0, 0.05) is 22.9 Å². The molecule has 182 valence electrons. The Labute approximate surface area is 200 Å². The van der Waals surface area contributed by atoms with Crippen LogP contribution in [-0.4, -0.2) is 38.0 Å². The molecule has 0 saturated heterocycles. The highest BCUT2D eigenvalue weighted by Crippen LogP contribution is 2.46. The van der Waals surface area contributed by atoms with Crippen LogP contribution in [0, 0.1) is 11.8 Å². The topological polar surface area (TPSA) is 90.9 Å². The van der Waals surface area contributed by atoms with Crippen molar-refractivity contribution in [2.24, 2.45) is 11.8 Å². The van der Waals surface area contributed by atoms with Crippen LogP contribution in [-0.2, 0) is 23.9 Å². The standard InChI is InChI=1S/C27H33NO6/c1-15-14-20-24(25(29)21(15)26(30)33-4)23(17-10-12-18(32-3)13-11-17)22(16(2)28-20)27(31)34-19-8-6-5-7-9-19/h10-13,15,19,21,23,28H,5-9,14H2,1-4H3/t15-,21+,23-/m0/s1. The van der Waals surface area contributed by atoms with Gasteiger partial charge >= 0.3 is 11.9 Å². The fourth-order valence-corrected chi connectivity index (χ4v) is 5.48. The van der Waals surface area contributed by atoms with Gasteiger partial charge in [0.1, 0.15) is 17.8 Å². The number of ether oxygens (including phenoxy) is 3. The highest BCUT2D eigenvalue weighted by molar-refractivity contribution is 6.12. The molecular formula is C27H33NO6. The predicted molar refractivity (Wildman–Crippen MR) is 126 cm³/mol. The van der Waals surface area contributed by atoms with Crippen molar-refractivity contribution in [3.05, 3.63) is 52.4 Å². The summed E-state index contributed by atoms with van der Waals surface area (Å²) in [6, 6.07) is 7.34. The molecule has 2 aliphatic carbocycles. The van der Waals surface area contributed by atoms with Crippen molar-refractivity contribution < 1.29 is 28.6 Å². The lowest BCUT2D eigenvalue weighted by molar-refractivity contribution is -0.151. The monoisotopic (exact) mass is 467 g/mol. The first-order chi connectivity index (χ1) is 16.3. The summed E-state index contributed by atoms with van der Waals surface area (Å²) >= 11 is 0. The number of allylic oxidation sites excluding steroid dienone is 3. The van der Waals surface area contributed by atoms with Crippen LogP contribution in [0.25, 0.3) is 0 Å². The maximum absolute atomic E-state index is 13.7. The van der Waals surface area contributed by atoms with Crippen LogP contribution in [0.15, 0.2) is 46.8 Å². The minimum Gasteiger partial charge on any atom is -0.497 e. The van der Waals surface area contributed by atoms with E-state index in [1.54, 1.807) is 7.11 Å². The Morgan fingerprint density at radius 3 is 2.32 bits per heavy atom. The van der Waals surface area contributed by atoms with Crippen LogP contribution in [0.3, 0.4) is 0 Å². The lowest BCUT2D eigenvalue weighted by Gasteiger charge is -2.38. The predicted octanol–water partition coefficient (Wildman–Crippen LogP) is 4.18. The van der Waals surface area contributed by atoms with Crippen LogP contribution in [0.5, 0.6) is 5.75 Å². The number of carbonyl (C=O) groups is 3. The van der Waals surface area contributed by atoms with Crippen molar-refractivity contribution in [3.63, 3.8) is 0 Å². The summed E-state index contributed by atoms with van der Waals surface area (Å²) in [4.78, 5) is 39.8. The van der Waals surface area contributed by atoms with E-state index in [4.69, 9.17) is 14.2 Å². The number of nitrogens with one attached hydrogen (secondary N) is 1. The number of ketones is 1. The number of benzene rings is 1. The molecule has 1 heterocycles. The second-order valence-electron chi connectivity index (χ2n) is 9.47. The summed E-state index contributed by atoms with van der Waals surface area (Å²) in [5, 5.41) is 3.31. The Morgan fingerprint density at radius 2 is 1.71 bits per heavy atom. The molecular weight excluding hydrogens is 434 g/mol. The fourth-order valence-electron chi connectivity index (χ4n) is 5.48. The molecule has 34 heavy (non-hydrogen) atoms. The first kappa shape index (κ1) is 24.0. The van der Waals surface area contributed by atoms with E-state index >= 15 is 0 Å². The minimum atomic E-state index is -0.902. The van der Waals surface area contributed by atoms with Crippen molar-refractivity contribution >= 4 is 17.7 Å². The fraction of sp³-hybridized carbons (Fsp3) is 0.519. The first-order valence-corrected chi connectivity index (χ1v) is 12.0. The highest BCUT2D eigenvalue weighted by atomic mass is 16.5. The Hall–Kier alpha value is -3.09.